The van der Waals surface area contributed by atoms with Crippen LogP contribution in [0.5, 0.6) is 0 Å². The molecule has 0 saturated heterocycles. The molecule has 1 amide bonds. The lowest BCUT2D eigenvalue weighted by atomic mass is 10.2. The number of rotatable bonds is 6. The van der Waals surface area contributed by atoms with Crippen LogP contribution in [0.15, 0.2) is 24.3 Å². The fraction of sp³-hybridized carbons (Fsp3) is 0.357. The Bertz CT molecular complexity index is 548. The Labute approximate surface area is 111 Å². The molecular formula is C14H18N2OS. The number of nitrogens with one attached hydrogen (secondary N) is 1. The molecule has 1 heterocycles. The number of unbranched alkanes of at least 4 members (excludes halogenated alkanes) is 2. The van der Waals surface area contributed by atoms with Gasteiger partial charge in [0.15, 0.2) is 0 Å². The summed E-state index contributed by atoms with van der Waals surface area (Å²) in [6.07, 6.45) is 3.49. The van der Waals surface area contributed by atoms with Crippen LogP contribution in [0.4, 0.5) is 5.69 Å². The Balaban J connectivity index is 2.27. The topological polar surface area (TPSA) is 55.1 Å². The number of amides is 1. The standard InChI is InChI=1S/C14H18N2OS/c1-2-3-6-9-16-12-10-7-4-5-8-11(10)18-13(12)14(15)17/h4-5,7-8,16H,2-3,6,9H2,1H3,(H2,15,17). The zero-order valence-electron chi connectivity index (χ0n) is 10.5. The molecule has 18 heavy (non-hydrogen) atoms. The smallest absolute Gasteiger partial charge is 0.260 e. The second kappa shape index (κ2) is 5.87. The van der Waals surface area contributed by atoms with Gasteiger partial charge in [0, 0.05) is 16.6 Å². The molecule has 0 radical (unpaired) electrons. The van der Waals surface area contributed by atoms with E-state index >= 15 is 0 Å². The Morgan fingerprint density at radius 1 is 1.33 bits per heavy atom. The van der Waals surface area contributed by atoms with Gasteiger partial charge in [-0.3, -0.25) is 4.79 Å². The number of anilines is 1. The van der Waals surface area contributed by atoms with Crippen LogP contribution in [0.1, 0.15) is 35.9 Å². The van der Waals surface area contributed by atoms with E-state index in [4.69, 9.17) is 5.73 Å². The van der Waals surface area contributed by atoms with Crippen LogP contribution in [0, 0.1) is 0 Å². The minimum absolute atomic E-state index is 0.353. The lowest BCUT2D eigenvalue weighted by Gasteiger charge is -2.06. The van der Waals surface area contributed by atoms with Crippen molar-refractivity contribution in [1.82, 2.24) is 0 Å². The van der Waals surface area contributed by atoms with Gasteiger partial charge >= 0.3 is 0 Å². The highest BCUT2D eigenvalue weighted by Gasteiger charge is 2.15. The fourth-order valence-electron chi connectivity index (χ4n) is 1.98. The van der Waals surface area contributed by atoms with Crippen molar-refractivity contribution >= 4 is 33.0 Å². The number of nitrogens with two attached hydrogens (primary N) is 1. The molecule has 0 aliphatic carbocycles. The van der Waals surface area contributed by atoms with Crippen molar-refractivity contribution in [2.75, 3.05) is 11.9 Å². The molecule has 1 aromatic heterocycles. The largest absolute Gasteiger partial charge is 0.383 e. The van der Waals surface area contributed by atoms with Crippen molar-refractivity contribution in [3.8, 4) is 0 Å². The van der Waals surface area contributed by atoms with Gasteiger partial charge in [-0.25, -0.2) is 0 Å². The van der Waals surface area contributed by atoms with E-state index in [1.54, 1.807) is 0 Å². The maximum Gasteiger partial charge on any atom is 0.260 e. The minimum atomic E-state index is -0.353. The molecular weight excluding hydrogens is 244 g/mol. The Kier molecular flexibility index (Phi) is 4.20. The zero-order valence-corrected chi connectivity index (χ0v) is 11.3. The van der Waals surface area contributed by atoms with Crippen molar-refractivity contribution in [3.05, 3.63) is 29.1 Å². The van der Waals surface area contributed by atoms with E-state index < -0.39 is 0 Å². The van der Waals surface area contributed by atoms with Crippen LogP contribution in [-0.2, 0) is 0 Å². The van der Waals surface area contributed by atoms with E-state index in [1.807, 2.05) is 24.3 Å². The van der Waals surface area contributed by atoms with Gasteiger partial charge in [0.05, 0.1) is 5.69 Å². The number of carbonyl (C=O) groups is 1. The first-order valence-corrected chi connectivity index (χ1v) is 7.11. The van der Waals surface area contributed by atoms with Crippen LogP contribution in [0.25, 0.3) is 10.1 Å². The molecule has 0 aliphatic heterocycles. The summed E-state index contributed by atoms with van der Waals surface area (Å²) in [7, 11) is 0. The summed E-state index contributed by atoms with van der Waals surface area (Å²) < 4.78 is 1.10. The van der Waals surface area contributed by atoms with E-state index in [9.17, 15) is 4.79 Å². The first-order chi connectivity index (χ1) is 8.74. The lowest BCUT2D eigenvalue weighted by Crippen LogP contribution is -2.12. The average Bonchev–Trinajstić information content (AvgIpc) is 2.74. The van der Waals surface area contributed by atoms with Crippen molar-refractivity contribution in [3.63, 3.8) is 0 Å². The number of fused-ring (bicyclic) bond motifs is 1. The third-order valence-electron chi connectivity index (χ3n) is 2.90. The molecule has 0 aliphatic rings. The van der Waals surface area contributed by atoms with Gasteiger partial charge in [0.1, 0.15) is 4.88 Å². The predicted molar refractivity (Wildman–Crippen MR) is 78.4 cm³/mol. The van der Waals surface area contributed by atoms with E-state index in [2.05, 4.69) is 12.2 Å². The van der Waals surface area contributed by atoms with Gasteiger partial charge in [0.25, 0.3) is 5.91 Å². The van der Waals surface area contributed by atoms with E-state index in [-0.39, 0.29) is 5.91 Å². The number of primary amides is 1. The van der Waals surface area contributed by atoms with Crippen LogP contribution >= 0.6 is 11.3 Å². The molecule has 0 saturated carbocycles. The number of thiophene rings is 1. The first kappa shape index (κ1) is 12.9. The summed E-state index contributed by atoms with van der Waals surface area (Å²) in [5.74, 6) is -0.353. The first-order valence-electron chi connectivity index (χ1n) is 6.29. The van der Waals surface area contributed by atoms with Crippen LogP contribution in [0.3, 0.4) is 0 Å². The molecule has 2 rings (SSSR count). The molecule has 0 spiro atoms. The van der Waals surface area contributed by atoms with Crippen LogP contribution in [-0.4, -0.2) is 12.5 Å². The SMILES string of the molecule is CCCCCNc1c(C(N)=O)sc2ccccc12. The number of hydrogen-bond donors (Lipinski definition) is 2. The molecule has 1 aromatic carbocycles. The summed E-state index contributed by atoms with van der Waals surface area (Å²) in [6.45, 7) is 3.06. The summed E-state index contributed by atoms with van der Waals surface area (Å²) in [5, 5.41) is 4.45. The maximum absolute atomic E-state index is 11.5. The monoisotopic (exact) mass is 262 g/mol. The zero-order chi connectivity index (χ0) is 13.0. The van der Waals surface area contributed by atoms with Gasteiger partial charge < -0.3 is 11.1 Å². The molecule has 0 unspecified atom stereocenters. The Morgan fingerprint density at radius 2 is 2.11 bits per heavy atom. The Hall–Kier alpha value is -1.55. The van der Waals surface area contributed by atoms with E-state index in [0.29, 0.717) is 4.88 Å². The molecule has 3 N–H and O–H groups in total. The van der Waals surface area contributed by atoms with Gasteiger partial charge in [-0.05, 0) is 12.5 Å². The van der Waals surface area contributed by atoms with E-state index in [1.165, 1.54) is 24.2 Å². The maximum atomic E-state index is 11.5. The van der Waals surface area contributed by atoms with Gasteiger partial charge in [0.2, 0.25) is 0 Å². The third kappa shape index (κ3) is 2.64. The van der Waals surface area contributed by atoms with Crippen molar-refractivity contribution < 1.29 is 4.79 Å². The Morgan fingerprint density at radius 3 is 2.83 bits per heavy atom. The predicted octanol–water partition coefficient (Wildman–Crippen LogP) is 3.60. The molecule has 0 bridgehead atoms. The summed E-state index contributed by atoms with van der Waals surface area (Å²) in [4.78, 5) is 12.1. The number of carbonyl (C=O) groups excluding carboxylic acids is 1. The van der Waals surface area contributed by atoms with Crippen molar-refractivity contribution in [2.24, 2.45) is 5.73 Å². The molecule has 3 nitrogen and oxygen atoms in total. The second-order valence-electron chi connectivity index (χ2n) is 4.30. The average molecular weight is 262 g/mol. The highest BCUT2D eigenvalue weighted by molar-refractivity contribution is 7.21. The molecule has 0 fully saturated rings. The highest BCUT2D eigenvalue weighted by Crippen LogP contribution is 2.35. The summed E-state index contributed by atoms with van der Waals surface area (Å²) in [5.41, 5.74) is 6.34. The minimum Gasteiger partial charge on any atom is -0.383 e. The van der Waals surface area contributed by atoms with Gasteiger partial charge in [-0.1, -0.05) is 38.0 Å². The molecule has 4 heteroatoms. The summed E-state index contributed by atoms with van der Waals surface area (Å²) in [6, 6.07) is 8.01. The quantitative estimate of drug-likeness (QED) is 0.781. The number of benzene rings is 1. The molecule has 0 atom stereocenters. The van der Waals surface area contributed by atoms with Crippen LogP contribution < -0.4 is 11.1 Å². The lowest BCUT2D eigenvalue weighted by molar-refractivity contribution is 0.100. The normalized spacial score (nSPS) is 10.7. The van der Waals surface area contributed by atoms with E-state index in [0.717, 1.165) is 28.7 Å². The molecule has 2 aromatic rings. The fourth-order valence-corrected chi connectivity index (χ4v) is 3.01. The van der Waals surface area contributed by atoms with Gasteiger partial charge in [-0.15, -0.1) is 11.3 Å². The van der Waals surface area contributed by atoms with Gasteiger partial charge in [-0.2, -0.15) is 0 Å². The van der Waals surface area contributed by atoms with Crippen molar-refractivity contribution in [1.29, 1.82) is 0 Å². The third-order valence-corrected chi connectivity index (χ3v) is 4.09. The highest BCUT2D eigenvalue weighted by atomic mass is 32.1. The second-order valence-corrected chi connectivity index (χ2v) is 5.35. The summed E-state index contributed by atoms with van der Waals surface area (Å²) >= 11 is 1.46. The molecule has 96 valence electrons. The number of hydrogen-bond acceptors (Lipinski definition) is 3. The van der Waals surface area contributed by atoms with Crippen molar-refractivity contribution in [2.45, 2.75) is 26.2 Å². The van der Waals surface area contributed by atoms with Crippen LogP contribution in [0.2, 0.25) is 0 Å².